The topological polar surface area (TPSA) is 34.0 Å². The van der Waals surface area contributed by atoms with Crippen molar-refractivity contribution in [1.82, 2.24) is 19.4 Å². The van der Waals surface area contributed by atoms with Crippen molar-refractivity contribution in [2.75, 3.05) is 13.1 Å². The molecule has 3 aromatic rings. The van der Waals surface area contributed by atoms with Crippen LogP contribution in [-0.4, -0.2) is 32.5 Å². The minimum absolute atomic E-state index is 0.441. The summed E-state index contributed by atoms with van der Waals surface area (Å²) in [7, 11) is 0. The second kappa shape index (κ2) is 8.49. The minimum Gasteiger partial charge on any atom is -0.327 e. The van der Waals surface area contributed by atoms with Crippen LogP contribution in [-0.2, 0) is 13.0 Å². The minimum atomic E-state index is 0.441. The summed E-state index contributed by atoms with van der Waals surface area (Å²) in [6.45, 7) is 5.35. The Balaban J connectivity index is 1.44. The number of aromatic nitrogens is 3. The van der Waals surface area contributed by atoms with Gasteiger partial charge in [-0.15, -0.1) is 0 Å². The zero-order valence-electron chi connectivity index (χ0n) is 16.1. The lowest BCUT2D eigenvalue weighted by Gasteiger charge is -2.25. The maximum Gasteiger partial charge on any atom is 0.126 e. The fraction of sp³-hybridized carbons (Fsp3) is 0.391. The maximum absolute atomic E-state index is 4.82. The van der Waals surface area contributed by atoms with Gasteiger partial charge in [-0.25, -0.2) is 4.98 Å². The van der Waals surface area contributed by atoms with Crippen molar-refractivity contribution in [3.8, 4) is 0 Å². The van der Waals surface area contributed by atoms with Gasteiger partial charge in [-0.05, 0) is 69.0 Å². The predicted molar refractivity (Wildman–Crippen MR) is 109 cm³/mol. The molecule has 0 amide bonds. The third kappa shape index (κ3) is 4.28. The van der Waals surface area contributed by atoms with Gasteiger partial charge in [0.15, 0.2) is 0 Å². The molecule has 1 aliphatic rings. The van der Waals surface area contributed by atoms with E-state index >= 15 is 0 Å². The summed E-state index contributed by atoms with van der Waals surface area (Å²) in [6, 6.07) is 15.4. The summed E-state index contributed by atoms with van der Waals surface area (Å²) < 4.78 is 2.38. The quantitative estimate of drug-likeness (QED) is 0.626. The first-order chi connectivity index (χ1) is 13.3. The molecule has 27 heavy (non-hydrogen) atoms. The first-order valence-electron chi connectivity index (χ1n) is 10.00. The number of hydrogen-bond donors (Lipinski definition) is 0. The summed E-state index contributed by atoms with van der Waals surface area (Å²) >= 11 is 0. The molecular formula is C23H28N4. The zero-order valence-corrected chi connectivity index (χ0v) is 16.1. The van der Waals surface area contributed by atoms with Gasteiger partial charge in [0.1, 0.15) is 5.82 Å². The van der Waals surface area contributed by atoms with Crippen LogP contribution in [0.1, 0.15) is 47.9 Å². The Morgan fingerprint density at radius 3 is 2.67 bits per heavy atom. The van der Waals surface area contributed by atoms with Crippen molar-refractivity contribution in [3.63, 3.8) is 0 Å². The number of nitrogens with zero attached hydrogens (tertiary/aromatic N) is 4. The van der Waals surface area contributed by atoms with Crippen molar-refractivity contribution >= 4 is 0 Å². The molecule has 1 saturated heterocycles. The lowest BCUT2D eigenvalue weighted by Crippen LogP contribution is -2.27. The van der Waals surface area contributed by atoms with Gasteiger partial charge in [-0.1, -0.05) is 30.3 Å². The molecule has 4 nitrogen and oxygen atoms in total. The largest absolute Gasteiger partial charge is 0.327 e. The highest BCUT2D eigenvalue weighted by Gasteiger charge is 2.29. The molecule has 1 aromatic carbocycles. The Kier molecular flexibility index (Phi) is 5.64. The van der Waals surface area contributed by atoms with Gasteiger partial charge < -0.3 is 4.57 Å². The molecule has 0 N–H and O–H groups in total. The molecule has 0 saturated carbocycles. The van der Waals surface area contributed by atoms with E-state index in [2.05, 4.69) is 63.8 Å². The molecular weight excluding hydrogens is 332 g/mol. The molecule has 0 radical (unpaired) electrons. The van der Waals surface area contributed by atoms with E-state index in [9.17, 15) is 0 Å². The number of aryl methyl sites for hydroxylation is 2. The standard InChI is InChI=1S/C23H28N4/c1-19-17-25-23(27(19)18-21-11-13-24-14-12-21)22-10-6-16-26(22)15-5-9-20-7-3-2-4-8-20/h2-4,7-8,11-14,17,22H,5-6,9-10,15-16,18H2,1H3. The van der Waals surface area contributed by atoms with Crippen molar-refractivity contribution in [2.24, 2.45) is 0 Å². The third-order valence-corrected chi connectivity index (χ3v) is 5.59. The van der Waals surface area contributed by atoms with Gasteiger partial charge in [0, 0.05) is 30.8 Å². The predicted octanol–water partition coefficient (Wildman–Crippen LogP) is 4.40. The van der Waals surface area contributed by atoms with E-state index in [1.54, 1.807) is 0 Å². The zero-order chi connectivity index (χ0) is 18.5. The lowest BCUT2D eigenvalue weighted by molar-refractivity contribution is 0.241. The fourth-order valence-electron chi connectivity index (χ4n) is 4.14. The summed E-state index contributed by atoms with van der Waals surface area (Å²) in [4.78, 5) is 11.6. The molecule has 2 aromatic heterocycles. The highest BCUT2D eigenvalue weighted by atomic mass is 15.2. The molecule has 0 spiro atoms. The van der Waals surface area contributed by atoms with Crippen molar-refractivity contribution in [3.05, 3.63) is 83.7 Å². The number of benzene rings is 1. The molecule has 0 aliphatic carbocycles. The van der Waals surface area contributed by atoms with Gasteiger partial charge in [-0.2, -0.15) is 0 Å². The molecule has 4 rings (SSSR count). The van der Waals surface area contributed by atoms with Crippen LogP contribution in [0.4, 0.5) is 0 Å². The number of rotatable bonds is 7. The highest BCUT2D eigenvalue weighted by Crippen LogP contribution is 2.32. The van der Waals surface area contributed by atoms with Gasteiger partial charge in [0.2, 0.25) is 0 Å². The van der Waals surface area contributed by atoms with Crippen LogP contribution in [0.25, 0.3) is 0 Å². The highest BCUT2D eigenvalue weighted by molar-refractivity contribution is 5.17. The number of hydrogen-bond acceptors (Lipinski definition) is 3. The van der Waals surface area contributed by atoms with E-state index < -0.39 is 0 Å². The van der Waals surface area contributed by atoms with Crippen LogP contribution in [0.15, 0.2) is 61.1 Å². The molecule has 1 fully saturated rings. The Hall–Kier alpha value is -2.46. The monoisotopic (exact) mass is 360 g/mol. The van der Waals surface area contributed by atoms with Crippen LogP contribution in [0.5, 0.6) is 0 Å². The van der Waals surface area contributed by atoms with Crippen LogP contribution in [0.2, 0.25) is 0 Å². The van der Waals surface area contributed by atoms with Crippen molar-refractivity contribution in [2.45, 2.75) is 45.2 Å². The summed E-state index contributed by atoms with van der Waals surface area (Å²) in [5, 5.41) is 0. The van der Waals surface area contributed by atoms with E-state index in [4.69, 9.17) is 4.98 Å². The summed E-state index contributed by atoms with van der Waals surface area (Å²) in [5.74, 6) is 1.22. The second-order valence-electron chi connectivity index (χ2n) is 7.48. The first kappa shape index (κ1) is 17.9. The molecule has 140 valence electrons. The normalized spacial score (nSPS) is 17.4. The van der Waals surface area contributed by atoms with Gasteiger partial charge in [0.25, 0.3) is 0 Å². The maximum atomic E-state index is 4.82. The van der Waals surface area contributed by atoms with E-state index in [0.717, 1.165) is 19.5 Å². The second-order valence-corrected chi connectivity index (χ2v) is 7.48. The number of imidazole rings is 1. The summed E-state index contributed by atoms with van der Waals surface area (Å²) in [5.41, 5.74) is 3.95. The van der Waals surface area contributed by atoms with Crippen LogP contribution >= 0.6 is 0 Å². The molecule has 0 bridgehead atoms. The van der Waals surface area contributed by atoms with Crippen molar-refractivity contribution in [1.29, 1.82) is 0 Å². The average molecular weight is 361 g/mol. The SMILES string of the molecule is Cc1cnc(C2CCCN2CCCc2ccccc2)n1Cc1ccncc1. The fourth-order valence-corrected chi connectivity index (χ4v) is 4.14. The van der Waals surface area contributed by atoms with Crippen LogP contribution in [0.3, 0.4) is 0 Å². The van der Waals surface area contributed by atoms with Crippen LogP contribution < -0.4 is 0 Å². The molecule has 1 aliphatic heterocycles. The molecule has 1 unspecified atom stereocenters. The molecule has 1 atom stereocenters. The smallest absolute Gasteiger partial charge is 0.126 e. The molecule has 3 heterocycles. The average Bonchev–Trinajstić information content (AvgIpc) is 3.30. The first-order valence-corrected chi connectivity index (χ1v) is 10.00. The van der Waals surface area contributed by atoms with Crippen molar-refractivity contribution < 1.29 is 0 Å². The van der Waals surface area contributed by atoms with Crippen LogP contribution in [0, 0.1) is 6.92 Å². The van der Waals surface area contributed by atoms with E-state index in [0.29, 0.717) is 6.04 Å². The third-order valence-electron chi connectivity index (χ3n) is 5.59. The van der Waals surface area contributed by atoms with E-state index in [1.807, 2.05) is 18.6 Å². The summed E-state index contributed by atoms with van der Waals surface area (Å²) in [6.07, 6.45) is 10.6. The number of likely N-dealkylation sites (tertiary alicyclic amines) is 1. The van der Waals surface area contributed by atoms with Gasteiger partial charge in [0.05, 0.1) is 6.04 Å². The molecule has 4 heteroatoms. The van der Waals surface area contributed by atoms with E-state index in [-0.39, 0.29) is 0 Å². The lowest BCUT2D eigenvalue weighted by atomic mass is 10.1. The Labute approximate surface area is 161 Å². The van der Waals surface area contributed by atoms with E-state index in [1.165, 1.54) is 48.5 Å². The van der Waals surface area contributed by atoms with Gasteiger partial charge >= 0.3 is 0 Å². The Bertz CT molecular complexity index is 841. The Morgan fingerprint density at radius 1 is 1.04 bits per heavy atom. The van der Waals surface area contributed by atoms with Gasteiger partial charge in [-0.3, -0.25) is 9.88 Å². The number of pyridine rings is 1. The Morgan fingerprint density at radius 2 is 1.85 bits per heavy atom.